The van der Waals surface area contributed by atoms with Gasteiger partial charge in [0, 0.05) is 0 Å². The minimum atomic E-state index is -0.240. The van der Waals surface area contributed by atoms with Gasteiger partial charge in [0.15, 0.2) is 0 Å². The van der Waals surface area contributed by atoms with Gasteiger partial charge in [-0.1, -0.05) is 31.4 Å². The summed E-state index contributed by atoms with van der Waals surface area (Å²) in [7, 11) is 0. The smallest absolute Gasteiger partial charge is 0.122 e. The van der Waals surface area contributed by atoms with E-state index in [1.807, 2.05) is 0 Å². The molecule has 1 fully saturated rings. The number of fused-ring (bicyclic) bond motifs is 1. The van der Waals surface area contributed by atoms with Crippen molar-refractivity contribution in [2.75, 3.05) is 6.61 Å². The second kappa shape index (κ2) is 5.87. The van der Waals surface area contributed by atoms with E-state index in [2.05, 4.69) is 24.3 Å². The van der Waals surface area contributed by atoms with E-state index in [-0.39, 0.29) is 5.41 Å². The van der Waals surface area contributed by atoms with Crippen molar-refractivity contribution in [3.05, 3.63) is 29.3 Å². The molecule has 2 aliphatic carbocycles. The highest BCUT2D eigenvalue weighted by Crippen LogP contribution is 2.37. The number of nitrogens with zero attached hydrogens (tertiary/aromatic N) is 1. The van der Waals surface area contributed by atoms with Gasteiger partial charge < -0.3 is 4.74 Å². The van der Waals surface area contributed by atoms with Crippen LogP contribution in [0.3, 0.4) is 0 Å². The summed E-state index contributed by atoms with van der Waals surface area (Å²) in [4.78, 5) is 0. The summed E-state index contributed by atoms with van der Waals surface area (Å²) in [5.74, 6) is 1.03. The van der Waals surface area contributed by atoms with Gasteiger partial charge in [0.1, 0.15) is 12.4 Å². The molecule has 0 atom stereocenters. The first-order valence-electron chi connectivity index (χ1n) is 7.98. The predicted molar refractivity (Wildman–Crippen MR) is 79.7 cm³/mol. The lowest BCUT2D eigenvalue weighted by atomic mass is 9.76. The zero-order valence-corrected chi connectivity index (χ0v) is 12.2. The van der Waals surface area contributed by atoms with Crippen molar-refractivity contribution in [1.29, 1.82) is 5.26 Å². The lowest BCUT2D eigenvalue weighted by Crippen LogP contribution is -2.29. The van der Waals surface area contributed by atoms with Crippen molar-refractivity contribution in [2.45, 2.75) is 57.8 Å². The zero-order valence-electron chi connectivity index (χ0n) is 12.2. The third kappa shape index (κ3) is 2.68. The van der Waals surface area contributed by atoms with Gasteiger partial charge in [-0.2, -0.15) is 5.26 Å². The Hall–Kier alpha value is -1.49. The highest BCUT2D eigenvalue weighted by molar-refractivity contribution is 5.41. The third-order valence-electron chi connectivity index (χ3n) is 4.90. The number of benzene rings is 1. The van der Waals surface area contributed by atoms with E-state index in [1.165, 1.54) is 49.7 Å². The van der Waals surface area contributed by atoms with E-state index in [1.54, 1.807) is 0 Å². The van der Waals surface area contributed by atoms with Crippen molar-refractivity contribution in [3.8, 4) is 11.8 Å². The molecule has 106 valence electrons. The van der Waals surface area contributed by atoms with E-state index in [9.17, 15) is 5.26 Å². The molecular formula is C18H23NO. The Morgan fingerprint density at radius 3 is 2.65 bits per heavy atom. The molecule has 0 radical (unpaired) electrons. The number of rotatable bonds is 3. The largest absolute Gasteiger partial charge is 0.492 e. The Labute approximate surface area is 121 Å². The second-order valence-corrected chi connectivity index (χ2v) is 6.34. The van der Waals surface area contributed by atoms with Gasteiger partial charge in [-0.05, 0) is 55.7 Å². The molecule has 1 saturated carbocycles. The van der Waals surface area contributed by atoms with E-state index < -0.39 is 0 Å². The van der Waals surface area contributed by atoms with Gasteiger partial charge in [0.25, 0.3) is 0 Å². The number of nitriles is 1. The summed E-state index contributed by atoms with van der Waals surface area (Å²) in [6, 6.07) is 8.94. The molecule has 2 heteroatoms. The highest BCUT2D eigenvalue weighted by atomic mass is 16.5. The number of hydrogen-bond donors (Lipinski definition) is 0. The van der Waals surface area contributed by atoms with Gasteiger partial charge in [-0.25, -0.2) is 0 Å². The fraction of sp³-hybridized carbons (Fsp3) is 0.611. The van der Waals surface area contributed by atoms with Crippen molar-refractivity contribution in [1.82, 2.24) is 0 Å². The topological polar surface area (TPSA) is 33.0 Å². The Morgan fingerprint density at radius 2 is 1.85 bits per heavy atom. The molecule has 20 heavy (non-hydrogen) atoms. The summed E-state index contributed by atoms with van der Waals surface area (Å²) in [5.41, 5.74) is 2.60. The molecule has 0 aliphatic heterocycles. The molecule has 0 N–H and O–H groups in total. The predicted octanol–water partition coefficient (Wildman–Crippen LogP) is 4.42. The SMILES string of the molecule is N#CC1(COc2cccc3c2CCCC3)CCCCC1. The quantitative estimate of drug-likeness (QED) is 0.813. The molecule has 0 aromatic heterocycles. The van der Waals surface area contributed by atoms with Crippen LogP contribution in [0.25, 0.3) is 0 Å². The molecule has 2 nitrogen and oxygen atoms in total. The molecule has 0 amide bonds. The van der Waals surface area contributed by atoms with Crippen LogP contribution >= 0.6 is 0 Å². The van der Waals surface area contributed by atoms with E-state index in [0.717, 1.165) is 25.0 Å². The first kappa shape index (κ1) is 13.5. The van der Waals surface area contributed by atoms with Gasteiger partial charge in [0.2, 0.25) is 0 Å². The maximum atomic E-state index is 9.53. The maximum absolute atomic E-state index is 9.53. The van der Waals surface area contributed by atoms with Crippen molar-refractivity contribution < 1.29 is 4.74 Å². The van der Waals surface area contributed by atoms with Crippen LogP contribution in [0.2, 0.25) is 0 Å². The molecule has 3 rings (SSSR count). The van der Waals surface area contributed by atoms with Crippen LogP contribution < -0.4 is 4.74 Å². The Balaban J connectivity index is 1.73. The molecule has 0 spiro atoms. The van der Waals surface area contributed by atoms with Gasteiger partial charge in [-0.15, -0.1) is 0 Å². The lowest BCUT2D eigenvalue weighted by molar-refractivity contribution is 0.149. The molecular weight excluding hydrogens is 246 g/mol. The van der Waals surface area contributed by atoms with Crippen LogP contribution in [0.15, 0.2) is 18.2 Å². The standard InChI is InChI=1S/C18H23NO/c19-13-18(11-4-1-5-12-18)14-20-17-10-6-8-15-7-2-3-9-16(15)17/h6,8,10H,1-5,7,9,11-12,14H2. The van der Waals surface area contributed by atoms with E-state index in [4.69, 9.17) is 4.74 Å². The molecule has 0 saturated heterocycles. The van der Waals surface area contributed by atoms with Crippen molar-refractivity contribution in [3.63, 3.8) is 0 Å². The minimum Gasteiger partial charge on any atom is -0.492 e. The van der Waals surface area contributed by atoms with E-state index >= 15 is 0 Å². The van der Waals surface area contributed by atoms with Crippen LogP contribution in [0.1, 0.15) is 56.1 Å². The van der Waals surface area contributed by atoms with E-state index in [0.29, 0.717) is 6.61 Å². The van der Waals surface area contributed by atoms with Crippen LogP contribution in [0.5, 0.6) is 5.75 Å². The van der Waals surface area contributed by atoms with Crippen LogP contribution in [-0.2, 0) is 12.8 Å². The lowest BCUT2D eigenvalue weighted by Gasteiger charge is -2.31. The average molecular weight is 269 g/mol. The fourth-order valence-electron chi connectivity index (χ4n) is 3.61. The summed E-state index contributed by atoms with van der Waals surface area (Å²) >= 11 is 0. The minimum absolute atomic E-state index is 0.240. The second-order valence-electron chi connectivity index (χ2n) is 6.34. The number of hydrogen-bond acceptors (Lipinski definition) is 2. The fourth-order valence-corrected chi connectivity index (χ4v) is 3.61. The van der Waals surface area contributed by atoms with Crippen LogP contribution in [0, 0.1) is 16.7 Å². The van der Waals surface area contributed by atoms with Gasteiger partial charge in [0.05, 0.1) is 11.5 Å². The highest BCUT2D eigenvalue weighted by Gasteiger charge is 2.33. The molecule has 1 aromatic carbocycles. The van der Waals surface area contributed by atoms with Gasteiger partial charge in [-0.3, -0.25) is 0 Å². The van der Waals surface area contributed by atoms with Gasteiger partial charge >= 0.3 is 0 Å². The zero-order chi connectivity index (χ0) is 13.8. The Bertz CT molecular complexity index is 509. The molecule has 2 aliphatic rings. The van der Waals surface area contributed by atoms with Crippen LogP contribution in [-0.4, -0.2) is 6.61 Å². The summed E-state index contributed by atoms with van der Waals surface area (Å²) < 4.78 is 6.12. The summed E-state index contributed by atoms with van der Waals surface area (Å²) in [6.45, 7) is 0.569. The molecule has 0 heterocycles. The van der Waals surface area contributed by atoms with Crippen molar-refractivity contribution >= 4 is 0 Å². The summed E-state index contributed by atoms with van der Waals surface area (Å²) in [5, 5.41) is 9.53. The van der Waals surface area contributed by atoms with Crippen molar-refractivity contribution in [2.24, 2.45) is 5.41 Å². The molecule has 1 aromatic rings. The first-order valence-corrected chi connectivity index (χ1v) is 7.98. The van der Waals surface area contributed by atoms with Crippen LogP contribution in [0.4, 0.5) is 0 Å². The monoisotopic (exact) mass is 269 g/mol. The maximum Gasteiger partial charge on any atom is 0.122 e. The average Bonchev–Trinajstić information content (AvgIpc) is 2.54. The molecule has 0 bridgehead atoms. The number of ether oxygens (including phenoxy) is 1. The Morgan fingerprint density at radius 1 is 1.05 bits per heavy atom. The first-order chi connectivity index (χ1) is 9.83. The molecule has 0 unspecified atom stereocenters. The normalized spacial score (nSPS) is 20.8. The Kier molecular flexibility index (Phi) is 3.96. The summed E-state index contributed by atoms with van der Waals surface area (Å²) in [6.07, 6.45) is 10.5. The third-order valence-corrected chi connectivity index (χ3v) is 4.90. The number of aryl methyl sites for hydroxylation is 1.